The molecule has 0 aliphatic carbocycles. The average molecular weight is 272 g/mol. The van der Waals surface area contributed by atoms with Gasteiger partial charge in [0.1, 0.15) is 0 Å². The molecule has 1 saturated heterocycles. The van der Waals surface area contributed by atoms with Gasteiger partial charge >= 0.3 is 0 Å². The van der Waals surface area contributed by atoms with Gasteiger partial charge in [0, 0.05) is 24.9 Å². The first-order chi connectivity index (χ1) is 9.62. The van der Waals surface area contributed by atoms with Crippen molar-refractivity contribution < 1.29 is 4.74 Å². The molecule has 0 radical (unpaired) electrons. The summed E-state index contributed by atoms with van der Waals surface area (Å²) < 4.78 is 7.62. The maximum absolute atomic E-state index is 5.75. The van der Waals surface area contributed by atoms with Gasteiger partial charge in [-0.05, 0) is 38.8 Å². The minimum atomic E-state index is -0.0618. The van der Waals surface area contributed by atoms with Gasteiger partial charge in [-0.25, -0.2) is 4.68 Å². The molecule has 0 bridgehead atoms. The fraction of sp³-hybridized carbons (Fsp3) is 0.533. The van der Waals surface area contributed by atoms with Crippen LogP contribution in [0.3, 0.4) is 0 Å². The Morgan fingerprint density at radius 2 is 2.30 bits per heavy atom. The van der Waals surface area contributed by atoms with E-state index in [9.17, 15) is 0 Å². The van der Waals surface area contributed by atoms with Crippen molar-refractivity contribution >= 4 is 0 Å². The normalized spacial score (nSPS) is 21.8. The smallest absolute Gasteiger partial charge is 0.0860 e. The Morgan fingerprint density at radius 1 is 1.40 bits per heavy atom. The first-order valence-corrected chi connectivity index (χ1v) is 7.06. The molecule has 1 aliphatic rings. The first kappa shape index (κ1) is 13.2. The zero-order valence-corrected chi connectivity index (χ0v) is 12.0. The van der Waals surface area contributed by atoms with Crippen LogP contribution < -0.4 is 0 Å². The summed E-state index contributed by atoms with van der Waals surface area (Å²) in [5.74, 6) is 0.441. The third-order valence-corrected chi connectivity index (χ3v) is 3.72. The van der Waals surface area contributed by atoms with E-state index in [1.807, 2.05) is 29.1 Å². The summed E-state index contributed by atoms with van der Waals surface area (Å²) in [4.78, 5) is 4.31. The highest BCUT2D eigenvalue weighted by molar-refractivity contribution is 5.08. The van der Waals surface area contributed by atoms with Crippen molar-refractivity contribution in [3.8, 4) is 0 Å². The quantitative estimate of drug-likeness (QED) is 0.861. The van der Waals surface area contributed by atoms with Crippen molar-refractivity contribution in [2.24, 2.45) is 0 Å². The Hall–Kier alpha value is -1.75. The first-order valence-electron chi connectivity index (χ1n) is 7.06. The number of pyridine rings is 1. The highest BCUT2D eigenvalue weighted by Crippen LogP contribution is 2.34. The highest BCUT2D eigenvalue weighted by Gasteiger charge is 2.31. The van der Waals surface area contributed by atoms with Gasteiger partial charge < -0.3 is 4.74 Å². The number of aromatic nitrogens is 4. The maximum Gasteiger partial charge on any atom is 0.0860 e. The Balaban J connectivity index is 1.70. The van der Waals surface area contributed by atoms with E-state index in [4.69, 9.17) is 4.74 Å². The van der Waals surface area contributed by atoms with Crippen LogP contribution in [0.1, 0.15) is 44.0 Å². The molecular weight excluding hydrogens is 252 g/mol. The third-order valence-electron chi connectivity index (χ3n) is 3.72. The van der Waals surface area contributed by atoms with Crippen LogP contribution >= 0.6 is 0 Å². The molecule has 5 nitrogen and oxygen atoms in total. The molecule has 106 valence electrons. The molecule has 3 heterocycles. The van der Waals surface area contributed by atoms with E-state index in [0.29, 0.717) is 12.5 Å². The molecule has 0 saturated carbocycles. The van der Waals surface area contributed by atoms with E-state index in [1.165, 1.54) is 0 Å². The van der Waals surface area contributed by atoms with Crippen molar-refractivity contribution in [3.63, 3.8) is 0 Å². The topological polar surface area (TPSA) is 52.8 Å². The van der Waals surface area contributed by atoms with Crippen LogP contribution in [0.25, 0.3) is 0 Å². The summed E-state index contributed by atoms with van der Waals surface area (Å²) in [6.45, 7) is 5.74. The molecule has 1 atom stereocenters. The van der Waals surface area contributed by atoms with Gasteiger partial charge in [-0.3, -0.25) is 4.98 Å². The van der Waals surface area contributed by atoms with Crippen molar-refractivity contribution in [2.45, 2.75) is 44.8 Å². The van der Waals surface area contributed by atoms with Crippen LogP contribution in [0.15, 0.2) is 30.6 Å². The summed E-state index contributed by atoms with van der Waals surface area (Å²) in [5, 5.41) is 8.55. The molecular formula is C15H20N4O. The standard InChI is InChI=1S/C15H20N4O/c1-15(2)9-12(6-8-20-15)14-11-19(18-17-14)10-13-5-3-4-7-16-13/h3-5,7,11-12H,6,8-10H2,1-2H3. The molecule has 0 amide bonds. The summed E-state index contributed by atoms with van der Waals surface area (Å²) in [6.07, 6.45) is 5.86. The second kappa shape index (κ2) is 5.32. The number of hydrogen-bond donors (Lipinski definition) is 0. The lowest BCUT2D eigenvalue weighted by Gasteiger charge is -2.34. The molecule has 2 aromatic heterocycles. The Labute approximate surface area is 119 Å². The van der Waals surface area contributed by atoms with Crippen LogP contribution in [0, 0.1) is 0 Å². The third kappa shape index (κ3) is 3.04. The van der Waals surface area contributed by atoms with Gasteiger partial charge in [0.15, 0.2) is 0 Å². The van der Waals surface area contributed by atoms with Crippen LogP contribution in [0.5, 0.6) is 0 Å². The molecule has 5 heteroatoms. The number of rotatable bonds is 3. The van der Waals surface area contributed by atoms with E-state index < -0.39 is 0 Å². The minimum Gasteiger partial charge on any atom is -0.376 e. The molecule has 0 N–H and O–H groups in total. The fourth-order valence-corrected chi connectivity index (χ4v) is 2.72. The van der Waals surface area contributed by atoms with E-state index in [0.717, 1.165) is 30.8 Å². The predicted octanol–water partition coefficient (Wildman–Crippen LogP) is 2.39. The number of hydrogen-bond acceptors (Lipinski definition) is 4. The van der Waals surface area contributed by atoms with E-state index in [2.05, 4.69) is 29.1 Å². The fourth-order valence-electron chi connectivity index (χ4n) is 2.72. The van der Waals surface area contributed by atoms with Crippen molar-refractivity contribution in [2.75, 3.05) is 6.61 Å². The van der Waals surface area contributed by atoms with Crippen molar-refractivity contribution in [3.05, 3.63) is 42.0 Å². The van der Waals surface area contributed by atoms with Gasteiger partial charge in [-0.1, -0.05) is 11.3 Å². The van der Waals surface area contributed by atoms with Gasteiger partial charge in [-0.2, -0.15) is 0 Å². The summed E-state index contributed by atoms with van der Waals surface area (Å²) in [6, 6.07) is 5.90. The highest BCUT2D eigenvalue weighted by atomic mass is 16.5. The summed E-state index contributed by atoms with van der Waals surface area (Å²) >= 11 is 0. The molecule has 3 rings (SSSR count). The lowest BCUT2D eigenvalue weighted by Crippen LogP contribution is -2.33. The Morgan fingerprint density at radius 3 is 3.05 bits per heavy atom. The molecule has 1 fully saturated rings. The summed E-state index contributed by atoms with van der Waals surface area (Å²) in [7, 11) is 0. The van der Waals surface area contributed by atoms with E-state index in [-0.39, 0.29) is 5.60 Å². The van der Waals surface area contributed by atoms with Crippen LogP contribution in [0.2, 0.25) is 0 Å². The molecule has 1 aliphatic heterocycles. The Bertz CT molecular complexity index is 564. The molecule has 2 aromatic rings. The van der Waals surface area contributed by atoms with Crippen LogP contribution in [0.4, 0.5) is 0 Å². The van der Waals surface area contributed by atoms with Crippen LogP contribution in [-0.4, -0.2) is 32.2 Å². The van der Waals surface area contributed by atoms with Gasteiger partial charge in [0.05, 0.1) is 23.5 Å². The monoisotopic (exact) mass is 272 g/mol. The lowest BCUT2D eigenvalue weighted by atomic mass is 9.86. The second-order valence-electron chi connectivity index (χ2n) is 5.96. The number of ether oxygens (including phenoxy) is 1. The zero-order chi connectivity index (χ0) is 14.0. The average Bonchev–Trinajstić information content (AvgIpc) is 2.87. The van der Waals surface area contributed by atoms with Crippen LogP contribution in [-0.2, 0) is 11.3 Å². The molecule has 1 unspecified atom stereocenters. The molecule has 20 heavy (non-hydrogen) atoms. The van der Waals surface area contributed by atoms with Gasteiger partial charge in [0.25, 0.3) is 0 Å². The lowest BCUT2D eigenvalue weighted by molar-refractivity contribution is -0.0597. The largest absolute Gasteiger partial charge is 0.376 e. The van der Waals surface area contributed by atoms with Crippen molar-refractivity contribution in [1.82, 2.24) is 20.0 Å². The summed E-state index contributed by atoms with van der Waals surface area (Å²) in [5.41, 5.74) is 2.00. The zero-order valence-electron chi connectivity index (χ0n) is 12.0. The molecule has 0 spiro atoms. The second-order valence-corrected chi connectivity index (χ2v) is 5.96. The maximum atomic E-state index is 5.75. The van der Waals surface area contributed by atoms with Crippen molar-refractivity contribution in [1.29, 1.82) is 0 Å². The van der Waals surface area contributed by atoms with E-state index >= 15 is 0 Å². The SMILES string of the molecule is CC1(C)CC(c2cn(Cc3ccccn3)nn2)CCO1. The minimum absolute atomic E-state index is 0.0618. The molecule has 0 aromatic carbocycles. The van der Waals surface area contributed by atoms with Gasteiger partial charge in [-0.15, -0.1) is 5.10 Å². The number of nitrogens with zero attached hydrogens (tertiary/aromatic N) is 4. The Kier molecular flexibility index (Phi) is 3.53. The predicted molar refractivity (Wildman–Crippen MR) is 75.4 cm³/mol. The van der Waals surface area contributed by atoms with Gasteiger partial charge in [0.2, 0.25) is 0 Å². The van der Waals surface area contributed by atoms with E-state index in [1.54, 1.807) is 6.20 Å².